The number of hydrogen-bond donors (Lipinski definition) is 1. The number of aliphatic hydroxyl groups is 1. The van der Waals surface area contributed by atoms with Crippen molar-refractivity contribution in [2.24, 2.45) is 0 Å². The van der Waals surface area contributed by atoms with E-state index in [0.717, 1.165) is 6.42 Å². The van der Waals surface area contributed by atoms with Gasteiger partial charge in [-0.25, -0.2) is 0 Å². The molecule has 1 aliphatic heterocycles. The van der Waals surface area contributed by atoms with Crippen molar-refractivity contribution in [1.82, 2.24) is 0 Å². The van der Waals surface area contributed by atoms with Gasteiger partial charge in [0.25, 0.3) is 0 Å². The van der Waals surface area contributed by atoms with Gasteiger partial charge in [0, 0.05) is 6.61 Å². The molecular formula is C7H12CoNO4-. The van der Waals surface area contributed by atoms with E-state index in [1.165, 1.54) is 0 Å². The van der Waals surface area contributed by atoms with Crippen LogP contribution in [0, 0.1) is 0 Å². The number of rotatable bonds is 1. The fourth-order valence-electron chi connectivity index (χ4n) is 0.465. The van der Waals surface area contributed by atoms with E-state index >= 15 is 0 Å². The Balaban J connectivity index is 0. The van der Waals surface area contributed by atoms with Gasteiger partial charge in [0.1, 0.15) is 0 Å². The molecule has 1 aliphatic rings. The Hall–Kier alpha value is -0.594. The number of carbonyl (C=O) groups is 2. The maximum absolute atomic E-state index is 10.1. The molecule has 1 rings (SSSR count). The summed E-state index contributed by atoms with van der Waals surface area (Å²) in [5, 5.41) is 11.0. The van der Waals surface area contributed by atoms with Crippen LogP contribution >= 0.6 is 0 Å². The Morgan fingerprint density at radius 3 is 1.69 bits per heavy atom. The van der Waals surface area contributed by atoms with Crippen molar-refractivity contribution in [3.8, 4) is 0 Å². The third-order valence-corrected chi connectivity index (χ3v) is 1.03. The summed E-state index contributed by atoms with van der Waals surface area (Å²) in [7, 11) is 0. The quantitative estimate of drug-likeness (QED) is 0.667. The first kappa shape index (κ1) is 14.9. The molecule has 1 fully saturated rings. The van der Waals surface area contributed by atoms with Crippen molar-refractivity contribution in [2.45, 2.75) is 26.2 Å². The van der Waals surface area contributed by atoms with Crippen LogP contribution in [0.3, 0.4) is 0 Å². The SMILES string of the molecule is CCCO.O=C1CCC(=O)[N-]1.[O]=[Co]. The summed E-state index contributed by atoms with van der Waals surface area (Å²) in [5.41, 5.74) is 0. The Kier molecular flexibility index (Phi) is 13.1. The zero-order chi connectivity index (χ0) is 10.7. The molecule has 0 saturated carbocycles. The average Bonchev–Trinajstić information content (AvgIpc) is 2.54. The maximum atomic E-state index is 10.1. The standard InChI is InChI=1S/C4H5NO2.C3H8O.Co.O/c6-3-1-2-4(7)5-3;1-2-3-4;;/h1-2H2,(H,5,6,7);4H,2-3H2,1H3;;/p-1. The fourth-order valence-corrected chi connectivity index (χ4v) is 0.465. The van der Waals surface area contributed by atoms with Crippen molar-refractivity contribution in [2.75, 3.05) is 6.61 Å². The molecule has 6 heteroatoms. The number of hydrogen-bond acceptors (Lipinski definition) is 4. The van der Waals surface area contributed by atoms with Gasteiger partial charge in [0.15, 0.2) is 0 Å². The van der Waals surface area contributed by atoms with E-state index in [0.29, 0.717) is 19.4 Å². The summed E-state index contributed by atoms with van der Waals surface area (Å²) < 4.78 is 7.94. The van der Waals surface area contributed by atoms with Gasteiger partial charge in [-0.1, -0.05) is 6.92 Å². The normalized spacial score (nSPS) is 13.5. The average molecular weight is 233 g/mol. The summed E-state index contributed by atoms with van der Waals surface area (Å²) in [4.78, 5) is 20.1. The van der Waals surface area contributed by atoms with Gasteiger partial charge in [-0.3, -0.25) is 0 Å². The number of amides is 2. The van der Waals surface area contributed by atoms with Crippen molar-refractivity contribution in [3.05, 3.63) is 5.32 Å². The summed E-state index contributed by atoms with van der Waals surface area (Å²) in [6, 6.07) is 0. The molecule has 0 aromatic carbocycles. The van der Waals surface area contributed by atoms with Crippen LogP contribution < -0.4 is 0 Å². The number of carbonyl (C=O) groups excluding carboxylic acids is 2. The second-order valence-corrected chi connectivity index (χ2v) is 2.12. The Labute approximate surface area is 84.7 Å². The van der Waals surface area contributed by atoms with Crippen LogP contribution in [0.25, 0.3) is 5.32 Å². The third-order valence-electron chi connectivity index (χ3n) is 1.03. The van der Waals surface area contributed by atoms with E-state index in [1.807, 2.05) is 6.92 Å². The van der Waals surface area contributed by atoms with Gasteiger partial charge in [-0.05, 0) is 19.3 Å². The molecule has 1 N–H and O–H groups in total. The first-order valence-corrected chi connectivity index (χ1v) is 4.15. The van der Waals surface area contributed by atoms with Crippen molar-refractivity contribution >= 4 is 11.8 Å². The second-order valence-electron chi connectivity index (χ2n) is 2.12. The van der Waals surface area contributed by atoms with Gasteiger partial charge in [-0.2, -0.15) is 0 Å². The molecule has 2 amide bonds. The van der Waals surface area contributed by atoms with Crippen LogP contribution in [0.5, 0.6) is 0 Å². The monoisotopic (exact) mass is 233 g/mol. The molecule has 0 atom stereocenters. The predicted molar refractivity (Wildman–Crippen MR) is 40.7 cm³/mol. The van der Waals surface area contributed by atoms with Crippen LogP contribution in [0.15, 0.2) is 0 Å². The molecule has 0 aromatic rings. The molecule has 0 bridgehead atoms. The molecule has 0 radical (unpaired) electrons. The number of aliphatic hydroxyl groups excluding tert-OH is 1. The summed E-state index contributed by atoms with van der Waals surface area (Å²) in [5.74, 6) is -0.546. The molecule has 0 unspecified atom stereocenters. The molecule has 13 heavy (non-hydrogen) atoms. The van der Waals surface area contributed by atoms with Gasteiger partial charge < -0.3 is 20.0 Å². The molecule has 1 heterocycles. The Morgan fingerprint density at radius 1 is 1.31 bits per heavy atom. The van der Waals surface area contributed by atoms with Crippen LogP contribution in [0.2, 0.25) is 0 Å². The molecular weight excluding hydrogens is 221 g/mol. The Bertz CT molecular complexity index is 147. The first-order valence-electron chi connectivity index (χ1n) is 3.72. The van der Waals surface area contributed by atoms with Crippen LogP contribution in [-0.2, 0) is 29.1 Å². The summed E-state index contributed by atoms with van der Waals surface area (Å²) >= 11 is 2.31. The van der Waals surface area contributed by atoms with E-state index in [2.05, 4.69) is 21.0 Å². The molecule has 0 spiro atoms. The molecule has 79 valence electrons. The second kappa shape index (κ2) is 11.4. The summed E-state index contributed by atoms with van der Waals surface area (Å²) in [6.07, 6.45) is 1.51. The van der Waals surface area contributed by atoms with Crippen molar-refractivity contribution in [1.29, 1.82) is 0 Å². The van der Waals surface area contributed by atoms with Crippen LogP contribution in [0.1, 0.15) is 26.2 Å². The van der Waals surface area contributed by atoms with Crippen LogP contribution in [0.4, 0.5) is 0 Å². The zero-order valence-corrected chi connectivity index (χ0v) is 8.32. The molecule has 0 aliphatic carbocycles. The zero-order valence-electron chi connectivity index (χ0n) is 7.28. The first-order chi connectivity index (χ1) is 6.20. The van der Waals surface area contributed by atoms with E-state index in [1.54, 1.807) is 0 Å². The van der Waals surface area contributed by atoms with Crippen molar-refractivity contribution in [3.63, 3.8) is 0 Å². The van der Waals surface area contributed by atoms with E-state index in [9.17, 15) is 9.59 Å². The Morgan fingerprint density at radius 2 is 1.62 bits per heavy atom. The minimum atomic E-state index is -0.273. The topological polar surface area (TPSA) is 85.5 Å². The molecule has 5 nitrogen and oxygen atoms in total. The van der Waals surface area contributed by atoms with Gasteiger partial charge >= 0.3 is 19.5 Å². The molecule has 1 saturated heterocycles. The summed E-state index contributed by atoms with van der Waals surface area (Å²) in [6.45, 7) is 2.25. The van der Waals surface area contributed by atoms with Crippen LogP contribution in [-0.4, -0.2) is 23.5 Å². The number of imide groups is 1. The van der Waals surface area contributed by atoms with E-state index in [4.69, 9.17) is 8.97 Å². The minimum absolute atomic E-state index is 0.273. The predicted octanol–water partition coefficient (Wildman–Crippen LogP) is 0.475. The van der Waals surface area contributed by atoms with Gasteiger partial charge in [0.05, 0.1) is 11.8 Å². The van der Waals surface area contributed by atoms with Crippen molar-refractivity contribution < 1.29 is 34.2 Å². The van der Waals surface area contributed by atoms with E-state index in [-0.39, 0.29) is 11.8 Å². The molecule has 0 aromatic heterocycles. The van der Waals surface area contributed by atoms with Gasteiger partial charge in [0.2, 0.25) is 0 Å². The van der Waals surface area contributed by atoms with Gasteiger partial charge in [-0.15, -0.1) is 0 Å². The van der Waals surface area contributed by atoms with E-state index < -0.39 is 0 Å². The number of nitrogens with zero attached hydrogens (tertiary/aromatic N) is 1. The third kappa shape index (κ3) is 11.4. The fraction of sp³-hybridized carbons (Fsp3) is 0.714.